The first-order valence-corrected chi connectivity index (χ1v) is 14.7. The van der Waals surface area contributed by atoms with E-state index in [1.54, 1.807) is 0 Å². The molecule has 3 heteroatoms. The van der Waals surface area contributed by atoms with Gasteiger partial charge in [0.25, 0.3) is 0 Å². The van der Waals surface area contributed by atoms with Crippen molar-refractivity contribution in [3.8, 4) is 27.9 Å². The number of hydrogen-bond donors (Lipinski definition) is 0. The summed E-state index contributed by atoms with van der Waals surface area (Å²) in [4.78, 5) is 14.0. The zero-order chi connectivity index (χ0) is 28.9. The second kappa shape index (κ2) is 8.56. The van der Waals surface area contributed by atoms with Gasteiger partial charge >= 0.3 is 0 Å². The van der Waals surface area contributed by atoms with Crippen LogP contribution in [0, 0.1) is 0 Å². The van der Waals surface area contributed by atoms with Crippen molar-refractivity contribution in [3.63, 3.8) is 0 Å². The smallest absolute Gasteiger partial charge is 0.200 e. The molecule has 0 unspecified atom stereocenters. The van der Waals surface area contributed by atoms with Gasteiger partial charge in [-0.25, -0.2) is 0 Å². The predicted molar refractivity (Wildman–Crippen MR) is 177 cm³/mol. The summed E-state index contributed by atoms with van der Waals surface area (Å²) in [5.74, 6) is 0. The lowest BCUT2D eigenvalue weighted by molar-refractivity contribution is 0.661. The summed E-state index contributed by atoms with van der Waals surface area (Å²) in [5.41, 5.74) is 11.5. The lowest BCUT2D eigenvalue weighted by Gasteiger charge is -2.21. The second-order valence-electron chi connectivity index (χ2n) is 12.1. The van der Waals surface area contributed by atoms with Gasteiger partial charge in [0.05, 0.1) is 21.8 Å². The minimum atomic E-state index is -0.110. The van der Waals surface area contributed by atoms with Crippen molar-refractivity contribution in [2.24, 2.45) is 0 Å². The number of aromatic nitrogens is 1. The van der Waals surface area contributed by atoms with Crippen LogP contribution in [0.15, 0.2) is 137 Å². The van der Waals surface area contributed by atoms with E-state index in [1.807, 2.05) is 60.7 Å². The van der Waals surface area contributed by atoms with Gasteiger partial charge < -0.3 is 8.98 Å². The molecule has 1 aliphatic carbocycles. The van der Waals surface area contributed by atoms with Crippen LogP contribution in [-0.4, -0.2) is 4.57 Å². The fraction of sp³-hybridized carbons (Fsp3) is 0.0750. The molecular formula is C40H27NO2. The van der Waals surface area contributed by atoms with Gasteiger partial charge in [-0.2, -0.15) is 0 Å². The molecule has 1 aliphatic rings. The highest BCUT2D eigenvalue weighted by molar-refractivity contribution is 6.12. The van der Waals surface area contributed by atoms with Crippen molar-refractivity contribution >= 4 is 43.7 Å². The SMILES string of the molecule is CC1(C)c2ccccc2-c2cc3c4ccccc4n(-c4ccc5oc6c(-c7ccccc7)cccc6c(=O)c5c4)c3cc21. The predicted octanol–water partition coefficient (Wildman–Crippen LogP) is 10.0. The molecule has 0 radical (unpaired) electrons. The van der Waals surface area contributed by atoms with E-state index in [1.165, 1.54) is 33.0 Å². The number of rotatable bonds is 2. The first-order valence-electron chi connectivity index (χ1n) is 14.7. The van der Waals surface area contributed by atoms with Gasteiger partial charge in [0, 0.05) is 27.4 Å². The molecule has 0 bridgehead atoms. The summed E-state index contributed by atoms with van der Waals surface area (Å²) in [5, 5.41) is 3.57. The zero-order valence-electron chi connectivity index (χ0n) is 23.9. The highest BCUT2D eigenvalue weighted by atomic mass is 16.3. The molecule has 8 aromatic rings. The first-order chi connectivity index (χ1) is 21.0. The normalized spacial score (nSPS) is 13.6. The molecule has 0 spiro atoms. The molecule has 43 heavy (non-hydrogen) atoms. The molecule has 204 valence electrons. The number of nitrogens with zero attached hydrogens (tertiary/aromatic N) is 1. The van der Waals surface area contributed by atoms with E-state index in [0.29, 0.717) is 21.9 Å². The zero-order valence-corrected chi connectivity index (χ0v) is 23.9. The molecule has 0 saturated heterocycles. The van der Waals surface area contributed by atoms with Gasteiger partial charge in [-0.1, -0.05) is 98.8 Å². The molecular weight excluding hydrogens is 526 g/mol. The van der Waals surface area contributed by atoms with Crippen molar-refractivity contribution in [1.82, 2.24) is 4.57 Å². The average molecular weight is 554 g/mol. The lowest BCUT2D eigenvalue weighted by Crippen LogP contribution is -2.15. The Bertz CT molecular complexity index is 2500. The largest absolute Gasteiger partial charge is 0.455 e. The fourth-order valence-electron chi connectivity index (χ4n) is 7.29. The van der Waals surface area contributed by atoms with Crippen LogP contribution in [0.1, 0.15) is 25.0 Å². The summed E-state index contributed by atoms with van der Waals surface area (Å²) in [7, 11) is 0. The van der Waals surface area contributed by atoms with Crippen molar-refractivity contribution < 1.29 is 4.42 Å². The third-order valence-electron chi connectivity index (χ3n) is 9.40. The summed E-state index contributed by atoms with van der Waals surface area (Å²) in [6, 6.07) is 43.9. The maximum Gasteiger partial charge on any atom is 0.200 e. The molecule has 9 rings (SSSR count). The topological polar surface area (TPSA) is 35.1 Å². The van der Waals surface area contributed by atoms with E-state index < -0.39 is 0 Å². The summed E-state index contributed by atoms with van der Waals surface area (Å²) >= 11 is 0. The van der Waals surface area contributed by atoms with E-state index in [4.69, 9.17) is 4.42 Å². The highest BCUT2D eigenvalue weighted by Gasteiger charge is 2.36. The Hall–Kier alpha value is -5.41. The summed E-state index contributed by atoms with van der Waals surface area (Å²) in [6.07, 6.45) is 0. The molecule has 0 N–H and O–H groups in total. The maximum absolute atomic E-state index is 14.0. The summed E-state index contributed by atoms with van der Waals surface area (Å²) < 4.78 is 8.77. The second-order valence-corrected chi connectivity index (χ2v) is 12.1. The molecule has 0 aliphatic heterocycles. The Morgan fingerprint density at radius 1 is 0.558 bits per heavy atom. The van der Waals surface area contributed by atoms with E-state index >= 15 is 0 Å². The fourth-order valence-corrected chi connectivity index (χ4v) is 7.29. The van der Waals surface area contributed by atoms with Crippen LogP contribution in [0.3, 0.4) is 0 Å². The average Bonchev–Trinajstić information content (AvgIpc) is 3.49. The highest BCUT2D eigenvalue weighted by Crippen LogP contribution is 2.51. The van der Waals surface area contributed by atoms with Crippen molar-refractivity contribution in [2.45, 2.75) is 19.3 Å². The lowest BCUT2D eigenvalue weighted by atomic mass is 9.82. The van der Waals surface area contributed by atoms with E-state index in [9.17, 15) is 4.79 Å². The minimum absolute atomic E-state index is 0.0193. The van der Waals surface area contributed by atoms with Gasteiger partial charge in [0.15, 0.2) is 0 Å². The standard InChI is InChI=1S/C40H27NO2/c1-40(2)33-17-8-6-13-27(33)30-22-31-28-14-7-9-18-35(28)41(36(31)23-34(30)40)25-19-20-37-32(21-25)38(42)29-16-10-15-26(39(29)43-37)24-11-4-3-5-12-24/h3-23H,1-2H3. The summed E-state index contributed by atoms with van der Waals surface area (Å²) in [6.45, 7) is 4.62. The number of benzene rings is 6. The Labute approximate surface area is 248 Å². The van der Waals surface area contributed by atoms with Crippen LogP contribution in [0.5, 0.6) is 0 Å². The van der Waals surface area contributed by atoms with Crippen molar-refractivity contribution in [3.05, 3.63) is 149 Å². The van der Waals surface area contributed by atoms with Crippen molar-refractivity contribution in [2.75, 3.05) is 0 Å². The molecule has 0 amide bonds. The Morgan fingerprint density at radius 2 is 1.30 bits per heavy atom. The first kappa shape index (κ1) is 24.2. The molecule has 3 nitrogen and oxygen atoms in total. The molecule has 6 aromatic carbocycles. The van der Waals surface area contributed by atoms with E-state index in [2.05, 4.69) is 85.1 Å². The van der Waals surface area contributed by atoms with Gasteiger partial charge in [-0.3, -0.25) is 4.79 Å². The molecule has 2 aromatic heterocycles. The van der Waals surface area contributed by atoms with Crippen LogP contribution in [0.25, 0.3) is 71.7 Å². The number of fused-ring (bicyclic) bond motifs is 8. The minimum Gasteiger partial charge on any atom is -0.455 e. The van der Waals surface area contributed by atoms with Gasteiger partial charge in [0.1, 0.15) is 11.2 Å². The molecule has 0 saturated carbocycles. The van der Waals surface area contributed by atoms with E-state index in [0.717, 1.165) is 27.8 Å². The van der Waals surface area contributed by atoms with Gasteiger partial charge in [-0.05, 0) is 70.3 Å². The maximum atomic E-state index is 14.0. The monoisotopic (exact) mass is 553 g/mol. The van der Waals surface area contributed by atoms with Gasteiger partial charge in [0.2, 0.25) is 5.43 Å². The number of hydrogen-bond acceptors (Lipinski definition) is 2. The van der Waals surface area contributed by atoms with E-state index in [-0.39, 0.29) is 10.8 Å². The third kappa shape index (κ3) is 3.28. The van der Waals surface area contributed by atoms with Crippen LogP contribution in [0.2, 0.25) is 0 Å². The van der Waals surface area contributed by atoms with Gasteiger partial charge in [-0.15, -0.1) is 0 Å². The van der Waals surface area contributed by atoms with Crippen LogP contribution < -0.4 is 5.43 Å². The quantitative estimate of drug-likeness (QED) is 0.200. The number of para-hydroxylation sites is 2. The van der Waals surface area contributed by atoms with Crippen LogP contribution in [-0.2, 0) is 5.41 Å². The Balaban J connectivity index is 1.32. The van der Waals surface area contributed by atoms with Crippen LogP contribution in [0.4, 0.5) is 0 Å². The Morgan fingerprint density at radius 3 is 2.19 bits per heavy atom. The molecule has 0 fully saturated rings. The molecule has 0 atom stereocenters. The van der Waals surface area contributed by atoms with Crippen LogP contribution >= 0.6 is 0 Å². The molecule has 2 heterocycles. The van der Waals surface area contributed by atoms with Crippen molar-refractivity contribution in [1.29, 1.82) is 0 Å². The Kier molecular flexibility index (Phi) is 4.82. The third-order valence-corrected chi connectivity index (χ3v) is 9.40.